The summed E-state index contributed by atoms with van der Waals surface area (Å²) >= 11 is 6.31. The molecule has 8 heteroatoms. The quantitative estimate of drug-likeness (QED) is 0.822. The first kappa shape index (κ1) is 14.8. The van der Waals surface area contributed by atoms with Gasteiger partial charge in [0.15, 0.2) is 0 Å². The summed E-state index contributed by atoms with van der Waals surface area (Å²) in [5, 5.41) is 0. The molecule has 0 saturated heterocycles. The Morgan fingerprint density at radius 3 is 1.33 bits per heavy atom. The predicted molar refractivity (Wildman–Crippen MR) is 72.0 cm³/mol. The van der Waals surface area contributed by atoms with Gasteiger partial charge in [0.1, 0.15) is 22.6 Å². The topological polar surface area (TPSA) is 105 Å². The lowest BCUT2D eigenvalue weighted by molar-refractivity contribution is 0.0981. The van der Waals surface area contributed by atoms with Gasteiger partial charge in [0, 0.05) is 0 Å². The fourth-order valence-corrected chi connectivity index (χ4v) is 2.94. The zero-order valence-electron chi connectivity index (χ0n) is 9.54. The summed E-state index contributed by atoms with van der Waals surface area (Å²) in [6, 6.07) is 0. The molecule has 0 radical (unpaired) electrons. The molecule has 0 aliphatic rings. The van der Waals surface area contributed by atoms with Crippen molar-refractivity contribution < 1.29 is 19.1 Å². The number of amides is 2. The van der Waals surface area contributed by atoms with E-state index in [2.05, 4.69) is 31.9 Å². The summed E-state index contributed by atoms with van der Waals surface area (Å²) in [5.41, 5.74) is 10.7. The van der Waals surface area contributed by atoms with Crippen LogP contribution in [0.3, 0.4) is 0 Å². The standard InChI is InChI=1S/C10H10Br2N2O4/c1-17-7-3(9(13)15)6(12)8(18-2)4(5(7)11)10(14)16/h1-2H3,(H2,13,15)(H2,14,16). The summed E-state index contributed by atoms with van der Waals surface area (Å²) in [5.74, 6) is -1.23. The van der Waals surface area contributed by atoms with E-state index in [0.29, 0.717) is 0 Å². The molecule has 0 saturated carbocycles. The molecule has 1 aromatic carbocycles. The Bertz CT molecular complexity index is 484. The molecule has 0 bridgehead atoms. The Morgan fingerprint density at radius 1 is 0.889 bits per heavy atom. The normalized spacial score (nSPS) is 10.0. The number of hydrogen-bond acceptors (Lipinski definition) is 4. The number of primary amides is 2. The highest BCUT2D eigenvalue weighted by atomic mass is 79.9. The molecule has 0 spiro atoms. The van der Waals surface area contributed by atoms with Gasteiger partial charge in [0.05, 0.1) is 23.2 Å². The maximum atomic E-state index is 11.4. The average Bonchev–Trinajstić information content (AvgIpc) is 2.29. The van der Waals surface area contributed by atoms with Gasteiger partial charge in [-0.3, -0.25) is 9.59 Å². The summed E-state index contributed by atoms with van der Waals surface area (Å²) in [6.07, 6.45) is 0. The lowest BCUT2D eigenvalue weighted by atomic mass is 10.1. The van der Waals surface area contributed by atoms with E-state index in [1.54, 1.807) is 0 Å². The van der Waals surface area contributed by atoms with Gasteiger partial charge in [0.2, 0.25) is 0 Å². The SMILES string of the molecule is COc1c(Br)c(C(N)=O)c(OC)c(Br)c1C(N)=O. The van der Waals surface area contributed by atoms with Gasteiger partial charge in [-0.1, -0.05) is 0 Å². The number of halogens is 2. The van der Waals surface area contributed by atoms with Crippen LogP contribution in [0.5, 0.6) is 11.5 Å². The molecular weight excluding hydrogens is 372 g/mol. The van der Waals surface area contributed by atoms with E-state index in [4.69, 9.17) is 20.9 Å². The second-order valence-electron chi connectivity index (χ2n) is 3.17. The number of benzene rings is 1. The minimum Gasteiger partial charge on any atom is -0.495 e. The second-order valence-corrected chi connectivity index (χ2v) is 4.76. The third kappa shape index (κ3) is 2.30. The molecule has 1 aromatic rings. The lowest BCUT2D eigenvalue weighted by Gasteiger charge is -2.17. The maximum absolute atomic E-state index is 11.4. The highest BCUT2D eigenvalue weighted by Crippen LogP contribution is 2.44. The predicted octanol–water partition coefficient (Wildman–Crippen LogP) is 1.43. The summed E-state index contributed by atoms with van der Waals surface area (Å²) in [6.45, 7) is 0. The van der Waals surface area contributed by atoms with Gasteiger partial charge in [-0.15, -0.1) is 0 Å². The Balaban J connectivity index is 3.85. The summed E-state index contributed by atoms with van der Waals surface area (Å²) in [7, 11) is 2.69. The first-order chi connectivity index (χ1) is 8.36. The Kier molecular flexibility index (Phi) is 4.58. The van der Waals surface area contributed by atoms with Crippen LogP contribution < -0.4 is 20.9 Å². The van der Waals surface area contributed by atoms with Crippen molar-refractivity contribution in [1.29, 1.82) is 0 Å². The van der Waals surface area contributed by atoms with Crippen molar-refractivity contribution in [2.24, 2.45) is 11.5 Å². The smallest absolute Gasteiger partial charge is 0.253 e. The van der Waals surface area contributed by atoms with Crippen molar-refractivity contribution in [3.05, 3.63) is 20.1 Å². The first-order valence-electron chi connectivity index (χ1n) is 4.59. The van der Waals surface area contributed by atoms with Gasteiger partial charge in [-0.05, 0) is 31.9 Å². The fraction of sp³-hybridized carbons (Fsp3) is 0.200. The number of rotatable bonds is 4. The van der Waals surface area contributed by atoms with Gasteiger partial charge in [-0.25, -0.2) is 0 Å². The van der Waals surface area contributed by atoms with Crippen molar-refractivity contribution in [2.45, 2.75) is 0 Å². The third-order valence-corrected chi connectivity index (χ3v) is 3.71. The average molecular weight is 382 g/mol. The van der Waals surface area contributed by atoms with Crippen molar-refractivity contribution in [3.63, 3.8) is 0 Å². The highest BCUT2D eigenvalue weighted by Gasteiger charge is 2.28. The molecule has 0 unspecified atom stereocenters. The van der Waals surface area contributed by atoms with Crippen molar-refractivity contribution >= 4 is 43.7 Å². The first-order valence-corrected chi connectivity index (χ1v) is 6.17. The highest BCUT2D eigenvalue weighted by molar-refractivity contribution is 9.11. The number of methoxy groups -OCH3 is 2. The van der Waals surface area contributed by atoms with Gasteiger partial charge < -0.3 is 20.9 Å². The molecule has 0 fully saturated rings. The van der Waals surface area contributed by atoms with E-state index in [1.807, 2.05) is 0 Å². The Morgan fingerprint density at radius 2 is 1.17 bits per heavy atom. The molecule has 0 aromatic heterocycles. The number of hydrogen-bond donors (Lipinski definition) is 2. The molecular formula is C10H10Br2N2O4. The zero-order chi connectivity index (χ0) is 14.0. The van der Waals surface area contributed by atoms with Crippen LogP contribution in [0.25, 0.3) is 0 Å². The fourth-order valence-electron chi connectivity index (χ4n) is 1.47. The third-order valence-electron chi connectivity index (χ3n) is 2.19. The minimum atomic E-state index is -0.728. The molecule has 98 valence electrons. The van der Waals surface area contributed by atoms with Crippen LogP contribution in [-0.4, -0.2) is 26.0 Å². The minimum absolute atomic E-state index is 0.0613. The number of nitrogens with two attached hydrogens (primary N) is 2. The van der Waals surface area contributed by atoms with Crippen LogP contribution in [-0.2, 0) is 0 Å². The van der Waals surface area contributed by atoms with E-state index in [9.17, 15) is 9.59 Å². The van der Waals surface area contributed by atoms with E-state index in [0.717, 1.165) is 0 Å². The second kappa shape index (κ2) is 5.57. The molecule has 4 N–H and O–H groups in total. The van der Waals surface area contributed by atoms with Gasteiger partial charge >= 0.3 is 0 Å². The van der Waals surface area contributed by atoms with E-state index >= 15 is 0 Å². The molecule has 6 nitrogen and oxygen atoms in total. The monoisotopic (exact) mass is 380 g/mol. The number of carbonyl (C=O) groups is 2. The van der Waals surface area contributed by atoms with Crippen LogP contribution in [0.15, 0.2) is 8.95 Å². The molecule has 18 heavy (non-hydrogen) atoms. The summed E-state index contributed by atoms with van der Waals surface area (Å²) in [4.78, 5) is 22.8. The van der Waals surface area contributed by atoms with Crippen LogP contribution in [0.1, 0.15) is 20.7 Å². The number of carbonyl (C=O) groups excluding carboxylic acids is 2. The maximum Gasteiger partial charge on any atom is 0.253 e. The van der Waals surface area contributed by atoms with Crippen LogP contribution >= 0.6 is 31.9 Å². The van der Waals surface area contributed by atoms with E-state index in [1.165, 1.54) is 14.2 Å². The largest absolute Gasteiger partial charge is 0.495 e. The van der Waals surface area contributed by atoms with Crippen molar-refractivity contribution in [2.75, 3.05) is 14.2 Å². The Labute approximate surface area is 120 Å². The zero-order valence-corrected chi connectivity index (χ0v) is 12.7. The molecule has 0 aliphatic heterocycles. The number of ether oxygens (including phenoxy) is 2. The lowest BCUT2D eigenvalue weighted by Crippen LogP contribution is -2.19. The van der Waals surface area contributed by atoms with Crippen molar-refractivity contribution in [3.8, 4) is 11.5 Å². The van der Waals surface area contributed by atoms with E-state index < -0.39 is 11.8 Å². The van der Waals surface area contributed by atoms with Crippen LogP contribution in [0, 0.1) is 0 Å². The molecule has 0 heterocycles. The van der Waals surface area contributed by atoms with Crippen LogP contribution in [0.2, 0.25) is 0 Å². The molecule has 1 rings (SSSR count). The summed E-state index contributed by atoms with van der Waals surface area (Å²) < 4.78 is 10.6. The van der Waals surface area contributed by atoms with Gasteiger partial charge in [-0.2, -0.15) is 0 Å². The molecule has 0 aliphatic carbocycles. The van der Waals surface area contributed by atoms with Crippen LogP contribution in [0.4, 0.5) is 0 Å². The van der Waals surface area contributed by atoms with E-state index in [-0.39, 0.29) is 31.6 Å². The Hall–Kier alpha value is -1.28. The molecule has 2 amide bonds. The van der Waals surface area contributed by atoms with Gasteiger partial charge in [0.25, 0.3) is 11.8 Å². The molecule has 0 atom stereocenters. The van der Waals surface area contributed by atoms with Crippen molar-refractivity contribution in [1.82, 2.24) is 0 Å².